The summed E-state index contributed by atoms with van der Waals surface area (Å²) in [5.74, 6) is 0. The van der Waals surface area contributed by atoms with Crippen molar-refractivity contribution in [1.29, 1.82) is 0 Å². The molecule has 1 saturated heterocycles. The highest BCUT2D eigenvalue weighted by Crippen LogP contribution is 2.23. The van der Waals surface area contributed by atoms with Crippen LogP contribution in [0, 0.1) is 0 Å². The third-order valence-electron chi connectivity index (χ3n) is 3.09. The van der Waals surface area contributed by atoms with Crippen molar-refractivity contribution < 1.29 is 8.42 Å². The first-order valence-electron chi connectivity index (χ1n) is 5.92. The summed E-state index contributed by atoms with van der Waals surface area (Å²) in [6.45, 7) is 1.15. The first-order valence-corrected chi connectivity index (χ1v) is 7.77. The number of hydrogen-bond acceptors (Lipinski definition) is 3. The van der Waals surface area contributed by atoms with Crippen molar-refractivity contribution in [2.45, 2.75) is 24.2 Å². The number of sulfonamides is 1. The molecule has 0 saturated carbocycles. The molecule has 6 heteroatoms. The van der Waals surface area contributed by atoms with Gasteiger partial charge in [0.1, 0.15) is 4.99 Å². The van der Waals surface area contributed by atoms with Crippen LogP contribution in [0.3, 0.4) is 0 Å². The van der Waals surface area contributed by atoms with Crippen molar-refractivity contribution in [2.24, 2.45) is 5.73 Å². The minimum absolute atomic E-state index is 0.117. The number of nitrogens with zero attached hydrogens (tertiary/aromatic N) is 1. The summed E-state index contributed by atoms with van der Waals surface area (Å²) >= 11 is 4.91. The van der Waals surface area contributed by atoms with E-state index in [-0.39, 0.29) is 9.88 Å². The molecular formula is C12H16N2O2S2. The first-order chi connectivity index (χ1) is 8.53. The number of piperidine rings is 1. The van der Waals surface area contributed by atoms with Crippen LogP contribution in [0.4, 0.5) is 0 Å². The van der Waals surface area contributed by atoms with E-state index >= 15 is 0 Å². The Bertz CT molecular complexity index is 549. The normalized spacial score (nSPS) is 17.6. The molecule has 1 aromatic carbocycles. The van der Waals surface area contributed by atoms with E-state index in [1.807, 2.05) is 0 Å². The number of benzene rings is 1. The van der Waals surface area contributed by atoms with Gasteiger partial charge in [-0.05, 0) is 18.9 Å². The van der Waals surface area contributed by atoms with Gasteiger partial charge in [0, 0.05) is 18.7 Å². The van der Waals surface area contributed by atoms with Crippen LogP contribution in [0.1, 0.15) is 24.8 Å². The molecule has 1 aliphatic heterocycles. The third-order valence-corrected chi connectivity index (χ3v) is 5.26. The smallest absolute Gasteiger partial charge is 0.243 e. The molecule has 1 aliphatic rings. The lowest BCUT2D eigenvalue weighted by atomic mass is 10.2. The maximum atomic E-state index is 12.5. The molecule has 0 radical (unpaired) electrons. The van der Waals surface area contributed by atoms with Gasteiger partial charge in [-0.1, -0.05) is 36.8 Å². The molecule has 0 aliphatic carbocycles. The number of rotatable bonds is 3. The van der Waals surface area contributed by atoms with E-state index in [0.717, 1.165) is 19.3 Å². The summed E-state index contributed by atoms with van der Waals surface area (Å²) in [4.78, 5) is 0.339. The van der Waals surface area contributed by atoms with Gasteiger partial charge < -0.3 is 5.73 Å². The maximum absolute atomic E-state index is 12.5. The lowest BCUT2D eigenvalue weighted by Gasteiger charge is -2.26. The molecule has 98 valence electrons. The van der Waals surface area contributed by atoms with Gasteiger partial charge in [0.2, 0.25) is 10.0 Å². The Morgan fingerprint density at radius 2 is 1.78 bits per heavy atom. The van der Waals surface area contributed by atoms with Gasteiger partial charge >= 0.3 is 0 Å². The van der Waals surface area contributed by atoms with Crippen LogP contribution >= 0.6 is 12.2 Å². The van der Waals surface area contributed by atoms with Crippen LogP contribution in [0.5, 0.6) is 0 Å². The lowest BCUT2D eigenvalue weighted by Crippen LogP contribution is -2.36. The van der Waals surface area contributed by atoms with Gasteiger partial charge in [-0.3, -0.25) is 0 Å². The van der Waals surface area contributed by atoms with Crippen LogP contribution < -0.4 is 5.73 Å². The average molecular weight is 284 g/mol. The molecule has 0 aromatic heterocycles. The summed E-state index contributed by atoms with van der Waals surface area (Å²) in [6.07, 6.45) is 2.91. The van der Waals surface area contributed by atoms with Crippen molar-refractivity contribution in [2.75, 3.05) is 13.1 Å². The van der Waals surface area contributed by atoms with Gasteiger partial charge in [0.05, 0.1) is 4.90 Å². The van der Waals surface area contributed by atoms with E-state index < -0.39 is 10.0 Å². The Labute approximate surface area is 113 Å². The topological polar surface area (TPSA) is 63.4 Å². The Kier molecular flexibility index (Phi) is 3.99. The van der Waals surface area contributed by atoms with Gasteiger partial charge in [0.25, 0.3) is 0 Å². The largest absolute Gasteiger partial charge is 0.389 e. The minimum atomic E-state index is -3.47. The van der Waals surface area contributed by atoms with Crippen LogP contribution in [0.25, 0.3) is 0 Å². The van der Waals surface area contributed by atoms with Crippen molar-refractivity contribution >= 4 is 27.2 Å². The first kappa shape index (κ1) is 13.5. The fourth-order valence-corrected chi connectivity index (χ4v) is 4.11. The summed E-state index contributed by atoms with van der Waals surface area (Å²) in [7, 11) is -3.47. The highest BCUT2D eigenvalue weighted by molar-refractivity contribution is 7.89. The molecule has 1 heterocycles. The Morgan fingerprint density at radius 3 is 2.39 bits per heavy atom. The average Bonchev–Trinajstić information content (AvgIpc) is 2.39. The van der Waals surface area contributed by atoms with Gasteiger partial charge in [-0.2, -0.15) is 4.31 Å². The molecule has 4 nitrogen and oxygen atoms in total. The second-order valence-electron chi connectivity index (χ2n) is 4.33. The molecule has 1 fully saturated rings. The van der Waals surface area contributed by atoms with Gasteiger partial charge in [-0.25, -0.2) is 8.42 Å². The van der Waals surface area contributed by atoms with Crippen LogP contribution in [0.2, 0.25) is 0 Å². The van der Waals surface area contributed by atoms with E-state index in [1.54, 1.807) is 24.3 Å². The quantitative estimate of drug-likeness (QED) is 0.854. The number of nitrogens with two attached hydrogens (primary N) is 1. The van der Waals surface area contributed by atoms with Crippen LogP contribution in [0.15, 0.2) is 29.2 Å². The molecule has 1 aromatic rings. The summed E-state index contributed by atoms with van der Waals surface area (Å²) in [5.41, 5.74) is 6.02. The molecule has 0 amide bonds. The predicted octanol–water partition coefficient (Wildman–Crippen LogP) is 1.50. The van der Waals surface area contributed by atoms with Crippen LogP contribution in [-0.4, -0.2) is 30.8 Å². The minimum Gasteiger partial charge on any atom is -0.389 e. The summed E-state index contributed by atoms with van der Waals surface area (Å²) < 4.78 is 26.6. The fourth-order valence-electron chi connectivity index (χ4n) is 2.14. The second-order valence-corrected chi connectivity index (χ2v) is 6.67. The van der Waals surface area contributed by atoms with E-state index in [1.165, 1.54) is 4.31 Å². The third kappa shape index (κ3) is 2.55. The summed E-state index contributed by atoms with van der Waals surface area (Å²) in [5, 5.41) is 0. The summed E-state index contributed by atoms with van der Waals surface area (Å²) in [6, 6.07) is 6.65. The molecule has 0 atom stereocenters. The molecule has 18 heavy (non-hydrogen) atoms. The zero-order valence-corrected chi connectivity index (χ0v) is 11.6. The second kappa shape index (κ2) is 5.34. The zero-order chi connectivity index (χ0) is 13.2. The monoisotopic (exact) mass is 284 g/mol. The van der Waals surface area contributed by atoms with Crippen LogP contribution in [-0.2, 0) is 10.0 Å². The molecule has 0 spiro atoms. The zero-order valence-electron chi connectivity index (χ0n) is 10.0. The van der Waals surface area contributed by atoms with E-state index in [9.17, 15) is 8.42 Å². The molecule has 0 bridgehead atoms. The highest BCUT2D eigenvalue weighted by Gasteiger charge is 2.28. The Morgan fingerprint density at radius 1 is 1.17 bits per heavy atom. The Hall–Kier alpha value is -0.980. The number of hydrogen-bond donors (Lipinski definition) is 1. The standard InChI is InChI=1S/C12H16N2O2S2/c13-12(17)10-6-2-3-7-11(10)18(15,16)14-8-4-1-5-9-14/h2-3,6-7H,1,4-5,8-9H2,(H2,13,17). The van der Waals surface area contributed by atoms with Crippen molar-refractivity contribution in [1.82, 2.24) is 4.31 Å². The lowest BCUT2D eigenvalue weighted by molar-refractivity contribution is 0.346. The molecule has 2 rings (SSSR count). The van der Waals surface area contributed by atoms with Crippen molar-refractivity contribution in [3.05, 3.63) is 29.8 Å². The molecular weight excluding hydrogens is 268 g/mol. The fraction of sp³-hybridized carbons (Fsp3) is 0.417. The predicted molar refractivity (Wildman–Crippen MR) is 74.9 cm³/mol. The Balaban J connectivity index is 2.43. The SMILES string of the molecule is NC(=S)c1ccccc1S(=O)(=O)N1CCCCC1. The number of thiocarbonyl (C=S) groups is 1. The maximum Gasteiger partial charge on any atom is 0.243 e. The van der Waals surface area contributed by atoms with Gasteiger partial charge in [-0.15, -0.1) is 0 Å². The highest BCUT2D eigenvalue weighted by atomic mass is 32.2. The van der Waals surface area contributed by atoms with Crippen molar-refractivity contribution in [3.63, 3.8) is 0 Å². The van der Waals surface area contributed by atoms with E-state index in [0.29, 0.717) is 18.7 Å². The molecule has 2 N–H and O–H groups in total. The van der Waals surface area contributed by atoms with Gasteiger partial charge in [0.15, 0.2) is 0 Å². The van der Waals surface area contributed by atoms with E-state index in [2.05, 4.69) is 0 Å². The van der Waals surface area contributed by atoms with E-state index in [4.69, 9.17) is 18.0 Å². The molecule has 0 unspecified atom stereocenters. The van der Waals surface area contributed by atoms with Crippen molar-refractivity contribution in [3.8, 4) is 0 Å².